The highest BCUT2D eigenvalue weighted by Gasteiger charge is 2.18. The number of hydrogen-bond acceptors (Lipinski definition) is 2. The number of benzene rings is 1. The predicted octanol–water partition coefficient (Wildman–Crippen LogP) is 1.88. The highest BCUT2D eigenvalue weighted by atomic mass is 16.5. The van der Waals surface area contributed by atoms with E-state index < -0.39 is 0 Å². The zero-order valence-corrected chi connectivity index (χ0v) is 7.79. The third-order valence-electron chi connectivity index (χ3n) is 2.30. The maximum absolute atomic E-state index is 5.56. The molecule has 1 aromatic rings. The molecular formula is C10H13BNO. The van der Waals surface area contributed by atoms with Crippen molar-refractivity contribution >= 4 is 13.0 Å². The molecule has 0 aliphatic carbocycles. The van der Waals surface area contributed by atoms with Gasteiger partial charge in [-0.1, -0.05) is 18.5 Å². The van der Waals surface area contributed by atoms with E-state index in [-0.39, 0.29) is 6.00 Å². The standard InChI is InChI=1S/C10H13BNO/c1-12-9-4-2-3-8(7-9)10-11-5-6-13-10/h2-4,7,10,12H,5-6H2,1H3. The van der Waals surface area contributed by atoms with E-state index in [0.29, 0.717) is 0 Å². The van der Waals surface area contributed by atoms with Crippen molar-refractivity contribution in [2.45, 2.75) is 12.3 Å². The van der Waals surface area contributed by atoms with Gasteiger partial charge >= 0.3 is 0 Å². The maximum Gasteiger partial charge on any atom is 0.158 e. The molecule has 1 fully saturated rings. The molecule has 1 aliphatic heterocycles. The fourth-order valence-electron chi connectivity index (χ4n) is 1.59. The summed E-state index contributed by atoms with van der Waals surface area (Å²) in [5.74, 6) is 0. The van der Waals surface area contributed by atoms with Gasteiger partial charge in [0.05, 0.1) is 0 Å². The van der Waals surface area contributed by atoms with Crippen molar-refractivity contribution in [2.24, 2.45) is 0 Å². The zero-order chi connectivity index (χ0) is 9.10. The molecule has 3 heteroatoms. The fourth-order valence-corrected chi connectivity index (χ4v) is 1.59. The van der Waals surface area contributed by atoms with E-state index in [4.69, 9.17) is 4.74 Å². The Morgan fingerprint density at radius 3 is 3.15 bits per heavy atom. The van der Waals surface area contributed by atoms with E-state index in [2.05, 4.69) is 36.9 Å². The molecule has 1 unspecified atom stereocenters. The van der Waals surface area contributed by atoms with Gasteiger partial charge in [0.25, 0.3) is 0 Å². The molecule has 1 aliphatic rings. The molecule has 1 radical (unpaired) electrons. The molecule has 0 saturated carbocycles. The van der Waals surface area contributed by atoms with E-state index in [1.54, 1.807) is 0 Å². The Labute approximate surface area is 79.5 Å². The smallest absolute Gasteiger partial charge is 0.158 e. The van der Waals surface area contributed by atoms with Gasteiger partial charge in [-0.25, -0.2) is 0 Å². The SMILES string of the molecule is CNc1cccc(C2[B]CCO2)c1. The topological polar surface area (TPSA) is 21.3 Å². The van der Waals surface area contributed by atoms with E-state index in [0.717, 1.165) is 18.6 Å². The molecule has 0 bridgehead atoms. The van der Waals surface area contributed by atoms with Gasteiger partial charge in [0, 0.05) is 25.3 Å². The summed E-state index contributed by atoms with van der Waals surface area (Å²) in [7, 11) is 4.15. The fraction of sp³-hybridized carbons (Fsp3) is 0.400. The maximum atomic E-state index is 5.56. The van der Waals surface area contributed by atoms with Crippen LogP contribution in [0.3, 0.4) is 0 Å². The van der Waals surface area contributed by atoms with Crippen LogP contribution in [-0.2, 0) is 4.74 Å². The van der Waals surface area contributed by atoms with Crippen LogP contribution >= 0.6 is 0 Å². The summed E-state index contributed by atoms with van der Waals surface area (Å²) in [6.07, 6.45) is 1.06. The Bertz CT molecular complexity index is 284. The normalized spacial score (nSPS) is 21.2. The summed E-state index contributed by atoms with van der Waals surface area (Å²) in [5.41, 5.74) is 2.38. The van der Waals surface area contributed by atoms with Gasteiger partial charge in [0.2, 0.25) is 0 Å². The summed E-state index contributed by atoms with van der Waals surface area (Å²) < 4.78 is 5.56. The lowest BCUT2D eigenvalue weighted by Crippen LogP contribution is -2.02. The minimum atomic E-state index is 0.202. The van der Waals surface area contributed by atoms with Gasteiger partial charge in [-0.2, -0.15) is 0 Å². The number of hydrogen-bond donors (Lipinski definition) is 1. The van der Waals surface area contributed by atoms with Crippen molar-refractivity contribution in [1.29, 1.82) is 0 Å². The molecule has 0 spiro atoms. The molecule has 1 saturated heterocycles. The first-order chi connectivity index (χ1) is 6.40. The lowest BCUT2D eigenvalue weighted by atomic mass is 9.68. The molecule has 1 atom stereocenters. The van der Waals surface area contributed by atoms with Crippen molar-refractivity contribution in [3.8, 4) is 0 Å². The van der Waals surface area contributed by atoms with Gasteiger partial charge in [0.15, 0.2) is 7.28 Å². The molecule has 2 nitrogen and oxygen atoms in total. The minimum absolute atomic E-state index is 0.202. The van der Waals surface area contributed by atoms with E-state index in [9.17, 15) is 0 Å². The summed E-state index contributed by atoms with van der Waals surface area (Å²) in [5, 5.41) is 3.12. The monoisotopic (exact) mass is 174 g/mol. The highest BCUT2D eigenvalue weighted by molar-refractivity contribution is 6.38. The summed E-state index contributed by atoms with van der Waals surface area (Å²) >= 11 is 0. The van der Waals surface area contributed by atoms with Crippen LogP contribution in [-0.4, -0.2) is 20.9 Å². The van der Waals surface area contributed by atoms with Gasteiger partial charge in [-0.05, 0) is 17.7 Å². The third-order valence-corrected chi connectivity index (χ3v) is 2.30. The molecule has 1 heterocycles. The number of rotatable bonds is 2. The van der Waals surface area contributed by atoms with Crippen LogP contribution in [0.5, 0.6) is 0 Å². The Morgan fingerprint density at radius 1 is 1.54 bits per heavy atom. The van der Waals surface area contributed by atoms with Crippen molar-refractivity contribution in [3.05, 3.63) is 29.8 Å². The van der Waals surface area contributed by atoms with Crippen molar-refractivity contribution in [1.82, 2.24) is 0 Å². The van der Waals surface area contributed by atoms with Crippen LogP contribution in [0.4, 0.5) is 5.69 Å². The molecule has 13 heavy (non-hydrogen) atoms. The molecule has 67 valence electrons. The summed E-state index contributed by atoms with van der Waals surface area (Å²) in [6, 6.07) is 8.54. The highest BCUT2D eigenvalue weighted by Crippen LogP contribution is 2.24. The molecule has 0 aromatic heterocycles. The Kier molecular flexibility index (Phi) is 2.55. The first-order valence-corrected chi connectivity index (χ1v) is 4.63. The van der Waals surface area contributed by atoms with Crippen molar-refractivity contribution in [3.63, 3.8) is 0 Å². The van der Waals surface area contributed by atoms with E-state index in [1.165, 1.54) is 5.56 Å². The van der Waals surface area contributed by atoms with Crippen LogP contribution in [0.25, 0.3) is 0 Å². The second-order valence-corrected chi connectivity index (χ2v) is 3.19. The molecule has 0 amide bonds. The zero-order valence-electron chi connectivity index (χ0n) is 7.79. The quantitative estimate of drug-likeness (QED) is 0.691. The molecule has 1 aromatic carbocycles. The van der Waals surface area contributed by atoms with Crippen LogP contribution in [0, 0.1) is 0 Å². The second kappa shape index (κ2) is 3.84. The summed E-state index contributed by atoms with van der Waals surface area (Å²) in [4.78, 5) is 0. The Balaban J connectivity index is 2.18. The Hall–Kier alpha value is -0.955. The molecular weight excluding hydrogens is 161 g/mol. The van der Waals surface area contributed by atoms with Crippen LogP contribution < -0.4 is 5.32 Å². The Morgan fingerprint density at radius 2 is 2.46 bits per heavy atom. The second-order valence-electron chi connectivity index (χ2n) is 3.19. The average Bonchev–Trinajstić information content (AvgIpc) is 2.71. The van der Waals surface area contributed by atoms with Crippen molar-refractivity contribution < 1.29 is 4.74 Å². The van der Waals surface area contributed by atoms with E-state index in [1.807, 2.05) is 7.05 Å². The number of anilines is 1. The van der Waals surface area contributed by atoms with Crippen molar-refractivity contribution in [2.75, 3.05) is 19.0 Å². The largest absolute Gasteiger partial charge is 0.388 e. The molecule has 1 N–H and O–H groups in total. The van der Waals surface area contributed by atoms with Crippen LogP contribution in [0.2, 0.25) is 6.32 Å². The summed E-state index contributed by atoms with van der Waals surface area (Å²) in [6.45, 7) is 0.856. The van der Waals surface area contributed by atoms with Gasteiger partial charge < -0.3 is 10.1 Å². The number of nitrogens with one attached hydrogen (secondary N) is 1. The first kappa shape index (κ1) is 8.63. The average molecular weight is 174 g/mol. The third kappa shape index (κ3) is 1.86. The number of ether oxygens (including phenoxy) is 1. The van der Waals surface area contributed by atoms with Gasteiger partial charge in [-0.3, -0.25) is 0 Å². The first-order valence-electron chi connectivity index (χ1n) is 4.63. The lowest BCUT2D eigenvalue weighted by Gasteiger charge is -2.10. The van der Waals surface area contributed by atoms with Gasteiger partial charge in [-0.15, -0.1) is 0 Å². The van der Waals surface area contributed by atoms with E-state index >= 15 is 0 Å². The minimum Gasteiger partial charge on any atom is -0.388 e. The molecule has 2 rings (SSSR count). The van der Waals surface area contributed by atoms with Crippen LogP contribution in [0.1, 0.15) is 11.6 Å². The van der Waals surface area contributed by atoms with Crippen LogP contribution in [0.15, 0.2) is 24.3 Å². The van der Waals surface area contributed by atoms with Gasteiger partial charge in [0.1, 0.15) is 0 Å². The lowest BCUT2D eigenvalue weighted by molar-refractivity contribution is 0.140. The predicted molar refractivity (Wildman–Crippen MR) is 55.2 cm³/mol.